The summed E-state index contributed by atoms with van der Waals surface area (Å²) < 4.78 is 71.2. The van der Waals surface area contributed by atoms with Crippen molar-refractivity contribution in [2.45, 2.75) is 19.6 Å². The molecule has 0 aromatic heterocycles. The summed E-state index contributed by atoms with van der Waals surface area (Å²) in [5, 5.41) is 0. The van der Waals surface area contributed by atoms with Crippen LogP contribution >= 0.6 is 0 Å². The second-order valence-electron chi connectivity index (χ2n) is 8.77. The van der Waals surface area contributed by atoms with Crippen molar-refractivity contribution >= 4 is 8.32 Å². The van der Waals surface area contributed by atoms with Crippen LogP contribution in [0.2, 0.25) is 19.6 Å². The Bertz CT molecular complexity index is 448. The summed E-state index contributed by atoms with van der Waals surface area (Å²) in [7, 11) is -1.45. The largest absolute Gasteiger partial charge is 0.415 e. The zero-order valence-corrected chi connectivity index (χ0v) is 24.9. The first-order chi connectivity index (χ1) is 18.6. The van der Waals surface area contributed by atoms with Crippen LogP contribution in [0.4, 0.5) is 4.39 Å². The number of ether oxygens (including phenoxy) is 10. The normalized spacial score (nSPS) is 12.0. The van der Waals surface area contributed by atoms with E-state index >= 15 is 0 Å². The summed E-state index contributed by atoms with van der Waals surface area (Å²) in [6, 6.07) is 0. The molecule has 0 saturated carbocycles. The van der Waals surface area contributed by atoms with E-state index in [2.05, 4.69) is 19.6 Å². The van der Waals surface area contributed by atoms with Gasteiger partial charge in [-0.3, -0.25) is 0 Å². The summed E-state index contributed by atoms with van der Waals surface area (Å²) in [6.45, 7) is 16.4. The van der Waals surface area contributed by atoms with Crippen LogP contribution < -0.4 is 0 Å². The molecule has 11 nitrogen and oxygen atoms in total. The highest BCUT2D eigenvalue weighted by molar-refractivity contribution is 6.69. The Balaban J connectivity index is 3.04. The molecule has 0 rings (SSSR count). The fourth-order valence-electron chi connectivity index (χ4n) is 2.54. The first-order valence-electron chi connectivity index (χ1n) is 13.5. The molecule has 0 amide bonds. The average molecular weight is 577 g/mol. The molecule has 13 heteroatoms. The highest BCUT2D eigenvalue weighted by Crippen LogP contribution is 2.01. The molecule has 0 aliphatic heterocycles. The fourth-order valence-corrected chi connectivity index (χ4v) is 3.24. The Kier molecular flexibility index (Phi) is 31.0. The zero-order chi connectivity index (χ0) is 27.8. The van der Waals surface area contributed by atoms with Gasteiger partial charge in [-0.1, -0.05) is 0 Å². The molecule has 0 aliphatic rings. The zero-order valence-electron chi connectivity index (χ0n) is 23.9. The molecule has 0 bridgehead atoms. The van der Waals surface area contributed by atoms with Crippen LogP contribution in [0.3, 0.4) is 0 Å². The van der Waals surface area contributed by atoms with Crippen molar-refractivity contribution in [3.05, 3.63) is 0 Å². The lowest BCUT2D eigenvalue weighted by Gasteiger charge is -2.16. The van der Waals surface area contributed by atoms with Gasteiger partial charge in [-0.05, 0) is 19.6 Å². The molecule has 0 N–H and O–H groups in total. The molecule has 0 aromatic carbocycles. The van der Waals surface area contributed by atoms with Gasteiger partial charge < -0.3 is 51.8 Å². The highest BCUT2D eigenvalue weighted by atomic mass is 28.4. The van der Waals surface area contributed by atoms with Gasteiger partial charge >= 0.3 is 0 Å². The van der Waals surface area contributed by atoms with Crippen molar-refractivity contribution in [1.82, 2.24) is 0 Å². The second kappa shape index (κ2) is 31.2. The van der Waals surface area contributed by atoms with E-state index in [4.69, 9.17) is 51.8 Å². The molecule has 0 saturated heterocycles. The maximum atomic E-state index is 11.8. The Morgan fingerprint density at radius 1 is 0.316 bits per heavy atom. The molecule has 0 spiro atoms. The summed E-state index contributed by atoms with van der Waals surface area (Å²) in [4.78, 5) is 0. The van der Waals surface area contributed by atoms with Gasteiger partial charge in [0.25, 0.3) is 0 Å². The topological polar surface area (TPSA) is 102 Å². The van der Waals surface area contributed by atoms with Crippen LogP contribution in [0, 0.1) is 0 Å². The van der Waals surface area contributed by atoms with E-state index in [9.17, 15) is 4.39 Å². The smallest absolute Gasteiger partial charge is 0.183 e. The number of hydrogen-bond acceptors (Lipinski definition) is 11. The minimum atomic E-state index is -1.45. The van der Waals surface area contributed by atoms with E-state index in [1.165, 1.54) is 0 Å². The fraction of sp³-hybridized carbons (Fsp3) is 1.00. The number of hydrogen-bond donors (Lipinski definition) is 0. The van der Waals surface area contributed by atoms with E-state index in [-0.39, 0.29) is 6.61 Å². The highest BCUT2D eigenvalue weighted by Gasteiger charge is 2.13. The summed E-state index contributed by atoms with van der Waals surface area (Å²) >= 11 is 0. The molecule has 38 heavy (non-hydrogen) atoms. The second-order valence-corrected chi connectivity index (χ2v) is 13.3. The minimum absolute atomic E-state index is 0.116. The molecule has 0 heterocycles. The lowest BCUT2D eigenvalue weighted by Crippen LogP contribution is -2.27. The molecule has 0 radical (unpaired) electrons. The Hall–Kier alpha value is -0.293. The molecule has 0 unspecified atom stereocenters. The number of alkyl halides is 1. The summed E-state index contributed by atoms with van der Waals surface area (Å²) in [5.74, 6) is 0. The van der Waals surface area contributed by atoms with Gasteiger partial charge in [0.05, 0.1) is 139 Å². The van der Waals surface area contributed by atoms with E-state index in [1.807, 2.05) is 0 Å². The van der Waals surface area contributed by atoms with E-state index in [0.717, 1.165) is 0 Å². The molecule has 0 fully saturated rings. The molecule has 230 valence electrons. The SMILES string of the molecule is C[Si](C)(C)OCCOCCOCCOCCOCCOCCOCCOCCOCCOCCOCCF. The maximum absolute atomic E-state index is 11.8. The van der Waals surface area contributed by atoms with Crippen molar-refractivity contribution < 1.29 is 56.2 Å². The molecule has 0 aromatic rings. The van der Waals surface area contributed by atoms with Gasteiger partial charge in [-0.15, -0.1) is 0 Å². The van der Waals surface area contributed by atoms with Crippen molar-refractivity contribution in [3.63, 3.8) is 0 Å². The number of halogens is 1. The number of rotatable bonds is 33. The van der Waals surface area contributed by atoms with Gasteiger partial charge in [0.2, 0.25) is 0 Å². The lowest BCUT2D eigenvalue weighted by molar-refractivity contribution is -0.0268. The van der Waals surface area contributed by atoms with Crippen LogP contribution in [0.5, 0.6) is 0 Å². The summed E-state index contributed by atoms with van der Waals surface area (Å²) in [6.07, 6.45) is 0. The third-order valence-corrected chi connectivity index (χ3v) is 5.40. The minimum Gasteiger partial charge on any atom is -0.415 e. The Morgan fingerprint density at radius 2 is 0.500 bits per heavy atom. The van der Waals surface area contributed by atoms with Gasteiger partial charge in [-0.2, -0.15) is 0 Å². The Labute approximate surface area is 229 Å². The van der Waals surface area contributed by atoms with Gasteiger partial charge in [0.1, 0.15) is 6.67 Å². The third kappa shape index (κ3) is 35.7. The van der Waals surface area contributed by atoms with Crippen molar-refractivity contribution in [2.75, 3.05) is 145 Å². The van der Waals surface area contributed by atoms with Crippen LogP contribution in [0.1, 0.15) is 0 Å². The predicted molar refractivity (Wildman–Crippen MR) is 143 cm³/mol. The first kappa shape index (κ1) is 37.7. The van der Waals surface area contributed by atoms with Crippen LogP contribution in [-0.4, -0.2) is 154 Å². The first-order valence-corrected chi connectivity index (χ1v) is 16.9. The van der Waals surface area contributed by atoms with Gasteiger partial charge in [0.15, 0.2) is 8.32 Å². The van der Waals surface area contributed by atoms with Gasteiger partial charge in [0, 0.05) is 0 Å². The van der Waals surface area contributed by atoms with Crippen molar-refractivity contribution in [2.24, 2.45) is 0 Å². The maximum Gasteiger partial charge on any atom is 0.183 e. The average Bonchev–Trinajstić information content (AvgIpc) is 2.88. The van der Waals surface area contributed by atoms with E-state index in [0.29, 0.717) is 132 Å². The summed E-state index contributed by atoms with van der Waals surface area (Å²) in [5.41, 5.74) is 0. The molecular formula is C25H53FO11Si. The van der Waals surface area contributed by atoms with Crippen LogP contribution in [0.15, 0.2) is 0 Å². The molecule has 0 aliphatic carbocycles. The molecular weight excluding hydrogens is 523 g/mol. The van der Waals surface area contributed by atoms with Crippen LogP contribution in [0.25, 0.3) is 0 Å². The Morgan fingerprint density at radius 3 is 0.684 bits per heavy atom. The van der Waals surface area contributed by atoms with Crippen molar-refractivity contribution in [3.8, 4) is 0 Å². The van der Waals surface area contributed by atoms with E-state index in [1.54, 1.807) is 0 Å². The monoisotopic (exact) mass is 576 g/mol. The molecule has 0 atom stereocenters. The standard InChI is InChI=1S/C25H53FO11Si/c1-38(2,3)37-25-24-36-23-22-35-21-20-34-19-18-33-17-16-32-15-14-31-13-12-30-11-10-29-9-8-28-7-6-27-5-4-26/h4-25H2,1-3H3. The predicted octanol–water partition coefficient (Wildman–Crippen LogP) is 1.97. The van der Waals surface area contributed by atoms with Crippen molar-refractivity contribution in [1.29, 1.82) is 0 Å². The van der Waals surface area contributed by atoms with Crippen LogP contribution in [-0.2, 0) is 51.8 Å². The quantitative estimate of drug-likeness (QED) is 0.0847. The third-order valence-electron chi connectivity index (χ3n) is 4.33. The van der Waals surface area contributed by atoms with E-state index < -0.39 is 15.0 Å². The van der Waals surface area contributed by atoms with Gasteiger partial charge in [-0.25, -0.2) is 4.39 Å². The lowest BCUT2D eigenvalue weighted by atomic mass is 10.6.